The van der Waals surface area contributed by atoms with Gasteiger partial charge in [0.25, 0.3) is 0 Å². The van der Waals surface area contributed by atoms with Gasteiger partial charge in [0.05, 0.1) is 11.7 Å². The monoisotopic (exact) mass is 327 g/mol. The van der Waals surface area contributed by atoms with Crippen LogP contribution in [0.3, 0.4) is 0 Å². The van der Waals surface area contributed by atoms with E-state index in [1.54, 1.807) is 6.07 Å². The molecule has 24 heavy (non-hydrogen) atoms. The van der Waals surface area contributed by atoms with Crippen molar-refractivity contribution in [2.24, 2.45) is 5.73 Å². The van der Waals surface area contributed by atoms with Crippen molar-refractivity contribution < 1.29 is 9.18 Å². The third kappa shape index (κ3) is 3.97. The van der Waals surface area contributed by atoms with Crippen LogP contribution in [0.2, 0.25) is 0 Å². The molecule has 1 saturated heterocycles. The lowest BCUT2D eigenvalue weighted by Crippen LogP contribution is -2.24. The lowest BCUT2D eigenvalue weighted by molar-refractivity contribution is -0.118. The summed E-state index contributed by atoms with van der Waals surface area (Å²) in [5.41, 5.74) is 7.80. The smallest absolute Gasteiger partial charge is 0.217 e. The first-order valence-electron chi connectivity index (χ1n) is 8.35. The molecular formula is C19H22FN3O. The largest absolute Gasteiger partial charge is 0.370 e. The Hall–Kier alpha value is -2.27. The van der Waals surface area contributed by atoms with E-state index in [1.807, 2.05) is 30.3 Å². The van der Waals surface area contributed by atoms with Crippen LogP contribution in [0, 0.1) is 5.82 Å². The van der Waals surface area contributed by atoms with Crippen molar-refractivity contribution in [3.8, 4) is 0 Å². The van der Waals surface area contributed by atoms with E-state index in [2.05, 4.69) is 4.90 Å². The Bertz CT molecular complexity index is 719. The maximum absolute atomic E-state index is 13.9. The minimum atomic E-state index is -0.316. The highest BCUT2D eigenvalue weighted by Crippen LogP contribution is 2.32. The second-order valence-corrected chi connectivity index (χ2v) is 6.24. The first-order valence-corrected chi connectivity index (χ1v) is 8.35. The number of aryl methyl sites for hydroxylation is 1. The summed E-state index contributed by atoms with van der Waals surface area (Å²) >= 11 is 0. The van der Waals surface area contributed by atoms with E-state index >= 15 is 0 Å². The molecule has 0 aliphatic carbocycles. The van der Waals surface area contributed by atoms with Gasteiger partial charge >= 0.3 is 0 Å². The van der Waals surface area contributed by atoms with Crippen molar-refractivity contribution in [2.45, 2.75) is 38.3 Å². The summed E-state index contributed by atoms with van der Waals surface area (Å²) < 4.78 is 13.9. The van der Waals surface area contributed by atoms with Crippen LogP contribution in [0.5, 0.6) is 0 Å². The average Bonchev–Trinajstić information content (AvgIpc) is 3.03. The number of hydrogen-bond acceptors (Lipinski definition) is 3. The molecule has 1 aromatic carbocycles. The molecule has 1 amide bonds. The molecule has 1 aromatic heterocycles. The lowest BCUT2D eigenvalue weighted by atomic mass is 10.1. The average molecular weight is 327 g/mol. The number of aromatic nitrogens is 1. The van der Waals surface area contributed by atoms with E-state index in [-0.39, 0.29) is 17.8 Å². The van der Waals surface area contributed by atoms with Crippen LogP contribution in [-0.2, 0) is 17.8 Å². The number of carbonyl (C=O) groups excluding carboxylic acids is 1. The molecule has 5 heteroatoms. The molecule has 0 saturated carbocycles. The number of rotatable bonds is 6. The third-order valence-corrected chi connectivity index (χ3v) is 4.49. The molecule has 1 fully saturated rings. The van der Waals surface area contributed by atoms with Crippen molar-refractivity contribution in [3.63, 3.8) is 0 Å². The van der Waals surface area contributed by atoms with Crippen LogP contribution in [0.1, 0.15) is 42.3 Å². The highest BCUT2D eigenvalue weighted by Gasteiger charge is 2.27. The summed E-state index contributed by atoms with van der Waals surface area (Å²) in [4.78, 5) is 17.9. The molecule has 0 spiro atoms. The zero-order chi connectivity index (χ0) is 16.9. The molecule has 3 rings (SSSR count). The summed E-state index contributed by atoms with van der Waals surface area (Å²) in [5, 5.41) is 0. The molecule has 1 unspecified atom stereocenters. The minimum Gasteiger partial charge on any atom is -0.370 e. The predicted molar refractivity (Wildman–Crippen MR) is 90.5 cm³/mol. The highest BCUT2D eigenvalue weighted by molar-refractivity contribution is 5.73. The van der Waals surface area contributed by atoms with Gasteiger partial charge in [-0.1, -0.05) is 24.3 Å². The van der Waals surface area contributed by atoms with Gasteiger partial charge in [0, 0.05) is 24.2 Å². The standard InChI is InChI=1S/C19H22FN3O/c20-16-7-2-1-5-14(16)13-23-12-4-9-18(23)17-8-3-6-15(22-17)10-11-19(21)24/h1-3,5-8,18H,4,9-13H2,(H2,21,24). The van der Waals surface area contributed by atoms with E-state index < -0.39 is 0 Å². The second kappa shape index (κ2) is 7.53. The minimum absolute atomic E-state index is 0.161. The molecule has 2 heterocycles. The van der Waals surface area contributed by atoms with Crippen molar-refractivity contribution in [2.75, 3.05) is 6.54 Å². The lowest BCUT2D eigenvalue weighted by Gasteiger charge is -2.24. The van der Waals surface area contributed by atoms with E-state index in [4.69, 9.17) is 10.7 Å². The van der Waals surface area contributed by atoms with Crippen LogP contribution in [0.25, 0.3) is 0 Å². The summed E-state index contributed by atoms with van der Waals surface area (Å²) in [7, 11) is 0. The number of benzene rings is 1. The Morgan fingerprint density at radius 2 is 2.08 bits per heavy atom. The maximum atomic E-state index is 13.9. The van der Waals surface area contributed by atoms with Crippen LogP contribution in [-0.4, -0.2) is 22.3 Å². The van der Waals surface area contributed by atoms with E-state index in [0.717, 1.165) is 30.8 Å². The number of amides is 1. The molecular weight excluding hydrogens is 305 g/mol. The van der Waals surface area contributed by atoms with Crippen molar-refractivity contribution in [1.82, 2.24) is 9.88 Å². The number of carbonyl (C=O) groups is 1. The van der Waals surface area contributed by atoms with Crippen molar-refractivity contribution in [1.29, 1.82) is 0 Å². The van der Waals surface area contributed by atoms with Crippen LogP contribution in [0.15, 0.2) is 42.5 Å². The molecule has 0 radical (unpaired) electrons. The Labute approximate surface area is 141 Å². The van der Waals surface area contributed by atoms with E-state index in [1.165, 1.54) is 6.07 Å². The van der Waals surface area contributed by atoms with Crippen molar-refractivity contribution >= 4 is 5.91 Å². The molecule has 2 aromatic rings. The first kappa shape index (κ1) is 16.6. The molecule has 1 aliphatic rings. The Balaban J connectivity index is 1.74. The van der Waals surface area contributed by atoms with Crippen LogP contribution >= 0.6 is 0 Å². The summed E-state index contributed by atoms with van der Waals surface area (Å²) in [6.45, 7) is 1.52. The van der Waals surface area contributed by atoms with Gasteiger partial charge in [-0.3, -0.25) is 14.7 Å². The zero-order valence-corrected chi connectivity index (χ0v) is 13.6. The fourth-order valence-electron chi connectivity index (χ4n) is 3.27. The van der Waals surface area contributed by atoms with Gasteiger partial charge in [0.2, 0.25) is 5.91 Å². The Kier molecular flexibility index (Phi) is 5.20. The van der Waals surface area contributed by atoms with Gasteiger partial charge in [-0.05, 0) is 44.0 Å². The fraction of sp³-hybridized carbons (Fsp3) is 0.368. The predicted octanol–water partition coefficient (Wildman–Crippen LogP) is 2.98. The SMILES string of the molecule is NC(=O)CCc1cccc(C2CCCN2Cc2ccccc2F)n1. The number of halogens is 1. The number of hydrogen-bond donors (Lipinski definition) is 1. The number of likely N-dealkylation sites (tertiary alicyclic amines) is 1. The summed E-state index contributed by atoms with van der Waals surface area (Å²) in [5.74, 6) is -0.476. The summed E-state index contributed by atoms with van der Waals surface area (Å²) in [6.07, 6.45) is 2.95. The third-order valence-electron chi connectivity index (χ3n) is 4.49. The molecule has 0 bridgehead atoms. The van der Waals surface area contributed by atoms with Gasteiger partial charge in [-0.25, -0.2) is 4.39 Å². The van der Waals surface area contributed by atoms with E-state index in [0.29, 0.717) is 24.9 Å². The number of primary amides is 1. The van der Waals surface area contributed by atoms with Gasteiger partial charge in [0.15, 0.2) is 0 Å². The Morgan fingerprint density at radius 1 is 1.25 bits per heavy atom. The molecule has 4 nitrogen and oxygen atoms in total. The van der Waals surface area contributed by atoms with Crippen LogP contribution in [0.4, 0.5) is 4.39 Å². The number of nitrogens with two attached hydrogens (primary N) is 1. The second-order valence-electron chi connectivity index (χ2n) is 6.24. The molecule has 1 atom stereocenters. The fourth-order valence-corrected chi connectivity index (χ4v) is 3.27. The van der Waals surface area contributed by atoms with Gasteiger partial charge in [0.1, 0.15) is 5.82 Å². The van der Waals surface area contributed by atoms with Crippen LogP contribution < -0.4 is 5.73 Å². The highest BCUT2D eigenvalue weighted by atomic mass is 19.1. The molecule has 2 N–H and O–H groups in total. The molecule has 126 valence electrons. The van der Waals surface area contributed by atoms with E-state index in [9.17, 15) is 9.18 Å². The Morgan fingerprint density at radius 3 is 2.88 bits per heavy atom. The van der Waals surface area contributed by atoms with Crippen molar-refractivity contribution in [3.05, 3.63) is 65.2 Å². The quantitative estimate of drug-likeness (QED) is 0.887. The first-order chi connectivity index (χ1) is 11.6. The molecule has 1 aliphatic heterocycles. The van der Waals surface area contributed by atoms with Gasteiger partial charge < -0.3 is 5.73 Å². The normalized spacial score (nSPS) is 18.0. The van der Waals surface area contributed by atoms with Gasteiger partial charge in [-0.15, -0.1) is 0 Å². The number of nitrogens with zero attached hydrogens (tertiary/aromatic N) is 2. The maximum Gasteiger partial charge on any atom is 0.217 e. The zero-order valence-electron chi connectivity index (χ0n) is 13.6. The topological polar surface area (TPSA) is 59.2 Å². The van der Waals surface area contributed by atoms with Gasteiger partial charge in [-0.2, -0.15) is 0 Å². The summed E-state index contributed by atoms with van der Waals surface area (Å²) in [6, 6.07) is 13.0. The number of pyridine rings is 1.